The number of ketones is 2. The van der Waals surface area contributed by atoms with Crippen molar-refractivity contribution in [1.29, 1.82) is 0 Å². The van der Waals surface area contributed by atoms with E-state index in [-0.39, 0.29) is 31.8 Å². The van der Waals surface area contributed by atoms with Gasteiger partial charge in [0.25, 0.3) is 5.91 Å². The van der Waals surface area contributed by atoms with Crippen LogP contribution in [0.3, 0.4) is 0 Å². The average Bonchev–Trinajstić information content (AvgIpc) is 3.07. The van der Waals surface area contributed by atoms with Gasteiger partial charge in [0.1, 0.15) is 18.1 Å². The van der Waals surface area contributed by atoms with Gasteiger partial charge in [-0.05, 0) is 43.9 Å². The number of methoxy groups -OCH3 is 1. The van der Waals surface area contributed by atoms with Crippen LogP contribution in [0.15, 0.2) is 0 Å². The van der Waals surface area contributed by atoms with Gasteiger partial charge in [0, 0.05) is 32.9 Å². The zero-order valence-electron chi connectivity index (χ0n) is 34.1. The SMILES string of the molecule is CC[C@H](NC(=O)[C@H](CC(C)C)NC(=O)[C@@H](NC(=O)[C@@H](NC(=O)[C@H](CC(=O)O)CC(=O)[C@H](CCC(=O)O)NC(C)=O)C(C)C)C(C)C)C(=O)C(=O)NC(C)COC. The number of nitrogens with one attached hydrogen (secondary N) is 6. The molecule has 0 aliphatic rings. The Morgan fingerprint density at radius 3 is 1.57 bits per heavy atom. The van der Waals surface area contributed by atoms with Crippen LogP contribution >= 0.6 is 0 Å². The molecule has 318 valence electrons. The highest BCUT2D eigenvalue weighted by atomic mass is 16.5. The van der Waals surface area contributed by atoms with Gasteiger partial charge in [-0.15, -0.1) is 0 Å². The molecule has 7 atom stereocenters. The van der Waals surface area contributed by atoms with Gasteiger partial charge in [0.15, 0.2) is 5.78 Å². The second-order valence-electron chi connectivity index (χ2n) is 15.0. The number of carbonyl (C=O) groups is 10. The first-order valence-electron chi connectivity index (χ1n) is 18.7. The Labute approximate surface area is 327 Å². The van der Waals surface area contributed by atoms with Crippen molar-refractivity contribution in [2.24, 2.45) is 23.7 Å². The summed E-state index contributed by atoms with van der Waals surface area (Å²) in [6.45, 7) is 14.5. The van der Waals surface area contributed by atoms with Crippen molar-refractivity contribution in [3.8, 4) is 0 Å². The maximum absolute atomic E-state index is 13.7. The fraction of sp³-hybridized carbons (Fsp3) is 0.730. The van der Waals surface area contributed by atoms with Crippen molar-refractivity contribution in [3.63, 3.8) is 0 Å². The number of rotatable bonds is 27. The summed E-state index contributed by atoms with van der Waals surface area (Å²) < 4.78 is 4.97. The fourth-order valence-electron chi connectivity index (χ4n) is 5.60. The van der Waals surface area contributed by atoms with Crippen LogP contribution in [0, 0.1) is 23.7 Å². The molecule has 1 unspecified atom stereocenters. The first-order valence-corrected chi connectivity index (χ1v) is 18.7. The van der Waals surface area contributed by atoms with Gasteiger partial charge in [0.05, 0.1) is 31.0 Å². The van der Waals surface area contributed by atoms with Crippen molar-refractivity contribution in [1.82, 2.24) is 31.9 Å². The van der Waals surface area contributed by atoms with Gasteiger partial charge in [-0.2, -0.15) is 0 Å². The molecule has 0 aliphatic heterocycles. The van der Waals surface area contributed by atoms with Crippen LogP contribution in [0.5, 0.6) is 0 Å². The van der Waals surface area contributed by atoms with Crippen LogP contribution in [0.2, 0.25) is 0 Å². The van der Waals surface area contributed by atoms with Gasteiger partial charge >= 0.3 is 11.9 Å². The number of carbonyl (C=O) groups excluding carboxylic acids is 8. The average molecular weight is 799 g/mol. The minimum atomic E-state index is -1.51. The fourth-order valence-corrected chi connectivity index (χ4v) is 5.60. The summed E-state index contributed by atoms with van der Waals surface area (Å²) in [7, 11) is 1.44. The van der Waals surface area contributed by atoms with Crippen LogP contribution in [-0.2, 0) is 52.7 Å². The molecule has 56 heavy (non-hydrogen) atoms. The number of ether oxygens (including phenoxy) is 1. The van der Waals surface area contributed by atoms with Crippen LogP contribution in [0.25, 0.3) is 0 Å². The van der Waals surface area contributed by atoms with E-state index < -0.39 is 132 Å². The third-order valence-corrected chi connectivity index (χ3v) is 8.55. The van der Waals surface area contributed by atoms with Gasteiger partial charge in [-0.3, -0.25) is 47.9 Å². The maximum Gasteiger partial charge on any atom is 0.304 e. The molecule has 0 aromatic carbocycles. The number of Topliss-reactive ketones (excluding diaryl/α,β-unsaturated/α-hetero) is 2. The number of carboxylic acid groups (broad SMARTS) is 2. The van der Waals surface area contributed by atoms with E-state index >= 15 is 0 Å². The molecule has 19 heteroatoms. The molecule has 0 spiro atoms. The summed E-state index contributed by atoms with van der Waals surface area (Å²) in [5.74, 6) is -12.0. The van der Waals surface area contributed by atoms with Gasteiger partial charge in [-0.25, -0.2) is 0 Å². The first kappa shape index (κ1) is 51.1. The van der Waals surface area contributed by atoms with Crippen molar-refractivity contribution >= 4 is 58.9 Å². The predicted molar refractivity (Wildman–Crippen MR) is 201 cm³/mol. The number of carboxylic acids is 2. The van der Waals surface area contributed by atoms with Crippen molar-refractivity contribution in [2.45, 2.75) is 137 Å². The lowest BCUT2D eigenvalue weighted by Crippen LogP contribution is -2.60. The predicted octanol–water partition coefficient (Wildman–Crippen LogP) is -0.166. The standard InChI is InChI=1S/C37H62N6O13/c1-11-24(32(50)37(55)38-21(8)17-56-10)40-34(52)26(14-18(2)3)41-35(53)30(19(4)5)43-36(54)31(20(6)7)42-33(51)23(16-29(48)49)15-27(45)25(39-22(9)44)12-13-28(46)47/h18-21,23-26,30-31H,11-17H2,1-10H3,(H,38,55)(H,39,44)(H,40,52)(H,41,53)(H,42,51)(H,43,54)(H,46,47)(H,48,49)/t21?,23-,24-,25-,26-,30-,31-/m0/s1. The third kappa shape index (κ3) is 19.1. The maximum atomic E-state index is 13.7. The Bertz CT molecular complexity index is 1420. The minimum Gasteiger partial charge on any atom is -0.481 e. The van der Waals surface area contributed by atoms with Crippen molar-refractivity contribution in [2.75, 3.05) is 13.7 Å². The second-order valence-corrected chi connectivity index (χ2v) is 15.0. The zero-order chi connectivity index (χ0) is 43.4. The Morgan fingerprint density at radius 1 is 0.607 bits per heavy atom. The number of hydrogen-bond donors (Lipinski definition) is 8. The van der Waals surface area contributed by atoms with Gasteiger partial charge < -0.3 is 46.9 Å². The number of amides is 6. The van der Waals surface area contributed by atoms with E-state index in [1.54, 1.807) is 55.4 Å². The number of aliphatic carboxylic acids is 2. The van der Waals surface area contributed by atoms with Crippen molar-refractivity contribution < 1.29 is 62.9 Å². The molecule has 0 radical (unpaired) electrons. The summed E-state index contributed by atoms with van der Waals surface area (Å²) in [4.78, 5) is 127. The third-order valence-electron chi connectivity index (χ3n) is 8.55. The Morgan fingerprint density at radius 2 is 1.12 bits per heavy atom. The van der Waals surface area contributed by atoms with Gasteiger partial charge in [0.2, 0.25) is 35.3 Å². The monoisotopic (exact) mass is 798 g/mol. The van der Waals surface area contributed by atoms with E-state index in [1.165, 1.54) is 7.11 Å². The summed E-state index contributed by atoms with van der Waals surface area (Å²) in [6.07, 6.45) is -2.09. The summed E-state index contributed by atoms with van der Waals surface area (Å²) in [6, 6.07) is -6.71. The van der Waals surface area contributed by atoms with E-state index in [1.807, 2.05) is 0 Å². The molecule has 0 aromatic heterocycles. The van der Waals surface area contributed by atoms with Crippen LogP contribution in [0.4, 0.5) is 0 Å². The van der Waals surface area contributed by atoms with Crippen LogP contribution in [-0.4, -0.2) is 119 Å². The minimum absolute atomic E-state index is 0.0775. The Kier molecular flexibility index (Phi) is 23.0. The Hall–Kier alpha value is -4.94. The largest absolute Gasteiger partial charge is 0.481 e. The molecule has 19 nitrogen and oxygen atoms in total. The second kappa shape index (κ2) is 25.3. The summed E-state index contributed by atoms with van der Waals surface area (Å²) in [5, 5.41) is 33.6. The number of hydrogen-bond acceptors (Lipinski definition) is 11. The summed E-state index contributed by atoms with van der Waals surface area (Å²) >= 11 is 0. The lowest BCUT2D eigenvalue weighted by molar-refractivity contribution is -0.143. The van der Waals surface area contributed by atoms with E-state index in [0.717, 1.165) is 6.92 Å². The topological polar surface area (TPSA) is 293 Å². The molecule has 0 heterocycles. The molecule has 0 aromatic rings. The lowest BCUT2D eigenvalue weighted by atomic mass is 9.92. The van der Waals surface area contributed by atoms with Crippen LogP contribution < -0.4 is 31.9 Å². The molecule has 0 aliphatic carbocycles. The van der Waals surface area contributed by atoms with E-state index in [4.69, 9.17) is 9.84 Å². The first-order chi connectivity index (χ1) is 25.9. The van der Waals surface area contributed by atoms with E-state index in [9.17, 15) is 53.1 Å². The molecule has 8 N–H and O–H groups in total. The molecule has 6 amide bonds. The van der Waals surface area contributed by atoms with E-state index in [2.05, 4.69) is 31.9 Å². The summed E-state index contributed by atoms with van der Waals surface area (Å²) in [5.41, 5.74) is 0. The molecule has 0 saturated heterocycles. The molecule has 0 fully saturated rings. The molecular weight excluding hydrogens is 736 g/mol. The molecule has 0 bridgehead atoms. The van der Waals surface area contributed by atoms with E-state index in [0.29, 0.717) is 0 Å². The Balaban J connectivity index is 6.13. The highest BCUT2D eigenvalue weighted by Gasteiger charge is 2.36. The lowest BCUT2D eigenvalue weighted by Gasteiger charge is -2.30. The van der Waals surface area contributed by atoms with Crippen molar-refractivity contribution in [3.05, 3.63) is 0 Å². The van der Waals surface area contributed by atoms with Crippen LogP contribution in [0.1, 0.15) is 101 Å². The molecular formula is C37H62N6O13. The quantitative estimate of drug-likeness (QED) is 0.0502. The molecule has 0 saturated carbocycles. The highest BCUT2D eigenvalue weighted by Crippen LogP contribution is 2.16. The highest BCUT2D eigenvalue weighted by molar-refractivity contribution is 6.38. The zero-order valence-corrected chi connectivity index (χ0v) is 34.1. The smallest absolute Gasteiger partial charge is 0.304 e. The van der Waals surface area contributed by atoms with Gasteiger partial charge in [-0.1, -0.05) is 48.5 Å². The molecule has 0 rings (SSSR count). The normalized spacial score (nSPS) is 14.9.